The Hall–Kier alpha value is -0.680. The predicted octanol–water partition coefficient (Wildman–Crippen LogP) is 4.48. The van der Waals surface area contributed by atoms with Gasteiger partial charge in [-0.1, -0.05) is 34.1 Å². The lowest BCUT2D eigenvalue weighted by Crippen LogP contribution is -2.35. The Bertz CT molecular complexity index is 593. The molecule has 1 heterocycles. The SMILES string of the molecule is Cc1cc(C(CN)N(Cc2cccs2)C2CC2)ccc1Br. The van der Waals surface area contributed by atoms with Crippen molar-refractivity contribution in [2.75, 3.05) is 6.54 Å². The van der Waals surface area contributed by atoms with E-state index in [1.54, 1.807) is 0 Å². The van der Waals surface area contributed by atoms with Crippen molar-refractivity contribution in [2.45, 2.75) is 38.4 Å². The predicted molar refractivity (Wildman–Crippen MR) is 93.6 cm³/mol. The molecule has 1 aromatic carbocycles. The standard InChI is InChI=1S/C17H21BrN2S/c1-12-9-13(4-7-16(12)18)17(10-19)20(14-5-6-14)11-15-3-2-8-21-15/h2-4,7-9,14,17H,5-6,10-11,19H2,1H3. The first-order chi connectivity index (χ1) is 10.2. The van der Waals surface area contributed by atoms with Crippen LogP contribution in [0.4, 0.5) is 0 Å². The fourth-order valence-corrected chi connectivity index (χ4v) is 3.78. The highest BCUT2D eigenvalue weighted by Crippen LogP contribution is 2.36. The number of aryl methyl sites for hydroxylation is 1. The Morgan fingerprint density at radius 2 is 2.19 bits per heavy atom. The van der Waals surface area contributed by atoms with Gasteiger partial charge in [0.1, 0.15) is 0 Å². The fraction of sp³-hybridized carbons (Fsp3) is 0.412. The Labute approximate surface area is 139 Å². The molecule has 1 aliphatic rings. The number of hydrogen-bond donors (Lipinski definition) is 1. The molecule has 2 nitrogen and oxygen atoms in total. The van der Waals surface area contributed by atoms with Crippen molar-refractivity contribution >= 4 is 27.3 Å². The van der Waals surface area contributed by atoms with E-state index in [1.165, 1.54) is 33.3 Å². The van der Waals surface area contributed by atoms with Gasteiger partial charge in [-0.2, -0.15) is 0 Å². The summed E-state index contributed by atoms with van der Waals surface area (Å²) in [6.07, 6.45) is 2.61. The summed E-state index contributed by atoms with van der Waals surface area (Å²) >= 11 is 5.42. The maximum Gasteiger partial charge on any atom is 0.0477 e. The molecule has 1 aromatic heterocycles. The molecule has 4 heteroatoms. The number of rotatable bonds is 6. The molecule has 1 aliphatic carbocycles. The first-order valence-electron chi connectivity index (χ1n) is 7.43. The maximum atomic E-state index is 6.14. The monoisotopic (exact) mass is 364 g/mol. The van der Waals surface area contributed by atoms with Crippen molar-refractivity contribution in [3.8, 4) is 0 Å². The van der Waals surface area contributed by atoms with E-state index in [0.717, 1.165) is 6.54 Å². The highest BCUT2D eigenvalue weighted by Gasteiger charge is 2.34. The largest absolute Gasteiger partial charge is 0.329 e. The average Bonchev–Trinajstić information content (AvgIpc) is 3.20. The van der Waals surface area contributed by atoms with E-state index >= 15 is 0 Å². The number of nitrogens with zero attached hydrogens (tertiary/aromatic N) is 1. The van der Waals surface area contributed by atoms with Gasteiger partial charge in [0.05, 0.1) is 0 Å². The number of thiophene rings is 1. The van der Waals surface area contributed by atoms with Crippen LogP contribution in [0.1, 0.15) is 34.9 Å². The van der Waals surface area contributed by atoms with Gasteiger partial charge in [-0.25, -0.2) is 0 Å². The molecule has 112 valence electrons. The summed E-state index contributed by atoms with van der Waals surface area (Å²) in [6.45, 7) is 3.82. The Balaban J connectivity index is 1.86. The van der Waals surface area contributed by atoms with Crippen molar-refractivity contribution in [1.82, 2.24) is 4.90 Å². The number of benzene rings is 1. The molecular formula is C17H21BrN2S. The van der Waals surface area contributed by atoms with Crippen LogP contribution in [0.15, 0.2) is 40.2 Å². The van der Waals surface area contributed by atoms with Crippen LogP contribution in [0.5, 0.6) is 0 Å². The zero-order valence-electron chi connectivity index (χ0n) is 12.3. The molecule has 0 spiro atoms. The summed E-state index contributed by atoms with van der Waals surface area (Å²) in [5, 5.41) is 2.15. The smallest absolute Gasteiger partial charge is 0.0477 e. The van der Waals surface area contributed by atoms with Gasteiger partial charge < -0.3 is 5.73 Å². The summed E-state index contributed by atoms with van der Waals surface area (Å²) in [5.41, 5.74) is 8.75. The lowest BCUT2D eigenvalue weighted by molar-refractivity contribution is 0.183. The van der Waals surface area contributed by atoms with Crippen molar-refractivity contribution < 1.29 is 0 Å². The van der Waals surface area contributed by atoms with E-state index in [-0.39, 0.29) is 0 Å². The van der Waals surface area contributed by atoms with Crippen LogP contribution in [0.25, 0.3) is 0 Å². The second-order valence-corrected chi connectivity index (χ2v) is 7.63. The molecule has 0 amide bonds. The average molecular weight is 365 g/mol. The number of halogens is 1. The second kappa shape index (κ2) is 6.61. The van der Waals surface area contributed by atoms with Gasteiger partial charge in [-0.15, -0.1) is 11.3 Å². The van der Waals surface area contributed by atoms with Crippen LogP contribution in [-0.2, 0) is 6.54 Å². The highest BCUT2D eigenvalue weighted by molar-refractivity contribution is 9.10. The Morgan fingerprint density at radius 1 is 1.38 bits per heavy atom. The lowest BCUT2D eigenvalue weighted by Gasteiger charge is -2.31. The van der Waals surface area contributed by atoms with E-state index in [2.05, 4.69) is 63.5 Å². The third-order valence-electron chi connectivity index (χ3n) is 4.12. The molecule has 3 rings (SSSR count). The molecule has 21 heavy (non-hydrogen) atoms. The Kier molecular flexibility index (Phi) is 4.79. The molecule has 0 bridgehead atoms. The molecule has 1 fully saturated rings. The highest BCUT2D eigenvalue weighted by atomic mass is 79.9. The molecule has 0 saturated heterocycles. The normalized spacial score (nSPS) is 16.4. The van der Waals surface area contributed by atoms with Crippen molar-refractivity contribution in [3.63, 3.8) is 0 Å². The number of nitrogens with two attached hydrogens (primary N) is 1. The third kappa shape index (κ3) is 3.57. The molecular weight excluding hydrogens is 344 g/mol. The lowest BCUT2D eigenvalue weighted by atomic mass is 10.0. The molecule has 1 unspecified atom stereocenters. The summed E-state index contributed by atoms with van der Waals surface area (Å²) in [6, 6.07) is 12.0. The van der Waals surface area contributed by atoms with Gasteiger partial charge in [0.2, 0.25) is 0 Å². The van der Waals surface area contributed by atoms with Crippen LogP contribution in [0.3, 0.4) is 0 Å². The van der Waals surface area contributed by atoms with Crippen LogP contribution in [-0.4, -0.2) is 17.5 Å². The minimum Gasteiger partial charge on any atom is -0.329 e. The van der Waals surface area contributed by atoms with Gasteiger partial charge in [0, 0.05) is 34.5 Å². The van der Waals surface area contributed by atoms with Crippen LogP contribution < -0.4 is 5.73 Å². The molecule has 0 aliphatic heterocycles. The molecule has 1 atom stereocenters. The Morgan fingerprint density at radius 3 is 2.76 bits per heavy atom. The van der Waals surface area contributed by atoms with Gasteiger partial charge >= 0.3 is 0 Å². The zero-order valence-corrected chi connectivity index (χ0v) is 14.7. The summed E-state index contributed by atoms with van der Waals surface area (Å²) in [5.74, 6) is 0. The maximum absolute atomic E-state index is 6.14. The van der Waals surface area contributed by atoms with Gasteiger partial charge in [0.25, 0.3) is 0 Å². The van der Waals surface area contributed by atoms with Crippen LogP contribution >= 0.6 is 27.3 Å². The van der Waals surface area contributed by atoms with Gasteiger partial charge in [0.15, 0.2) is 0 Å². The quantitative estimate of drug-likeness (QED) is 0.818. The van der Waals surface area contributed by atoms with E-state index < -0.39 is 0 Å². The van der Waals surface area contributed by atoms with Gasteiger partial charge in [-0.05, 0) is 48.4 Å². The van der Waals surface area contributed by atoms with E-state index in [0.29, 0.717) is 18.6 Å². The van der Waals surface area contributed by atoms with Crippen molar-refractivity contribution in [1.29, 1.82) is 0 Å². The topological polar surface area (TPSA) is 29.3 Å². The van der Waals surface area contributed by atoms with Crippen LogP contribution in [0, 0.1) is 6.92 Å². The summed E-state index contributed by atoms with van der Waals surface area (Å²) in [4.78, 5) is 4.02. The molecule has 1 saturated carbocycles. The van der Waals surface area contributed by atoms with Crippen molar-refractivity contribution in [3.05, 3.63) is 56.2 Å². The summed E-state index contributed by atoms with van der Waals surface area (Å²) in [7, 11) is 0. The summed E-state index contributed by atoms with van der Waals surface area (Å²) < 4.78 is 1.17. The second-order valence-electron chi connectivity index (χ2n) is 5.74. The van der Waals surface area contributed by atoms with E-state index in [4.69, 9.17) is 5.73 Å². The minimum atomic E-state index is 0.311. The molecule has 2 N–H and O–H groups in total. The van der Waals surface area contributed by atoms with E-state index in [9.17, 15) is 0 Å². The molecule has 2 aromatic rings. The van der Waals surface area contributed by atoms with Crippen molar-refractivity contribution in [2.24, 2.45) is 5.73 Å². The van der Waals surface area contributed by atoms with E-state index in [1.807, 2.05) is 11.3 Å². The third-order valence-corrected chi connectivity index (χ3v) is 5.88. The molecule has 0 radical (unpaired) electrons. The number of hydrogen-bond acceptors (Lipinski definition) is 3. The minimum absolute atomic E-state index is 0.311. The first kappa shape index (κ1) is 15.2. The fourth-order valence-electron chi connectivity index (χ4n) is 2.82. The first-order valence-corrected chi connectivity index (χ1v) is 9.10. The zero-order chi connectivity index (χ0) is 14.8. The van der Waals surface area contributed by atoms with Crippen LogP contribution in [0.2, 0.25) is 0 Å². The van der Waals surface area contributed by atoms with Gasteiger partial charge in [-0.3, -0.25) is 4.90 Å².